The van der Waals surface area contributed by atoms with E-state index in [2.05, 4.69) is 0 Å². The Morgan fingerprint density at radius 3 is 2.82 bits per heavy atom. The lowest BCUT2D eigenvalue weighted by Gasteiger charge is -1.90. The van der Waals surface area contributed by atoms with E-state index in [9.17, 15) is 10.1 Å². The Kier molecular flexibility index (Phi) is 0.886. The van der Waals surface area contributed by atoms with Gasteiger partial charge in [-0.15, -0.1) is 0 Å². The normalized spacial score (nSPS) is 13.7. The van der Waals surface area contributed by atoms with Crippen molar-refractivity contribution in [2.45, 2.75) is 0 Å². The van der Waals surface area contributed by atoms with Crippen molar-refractivity contribution in [2.75, 3.05) is 0 Å². The van der Waals surface area contributed by atoms with Crippen molar-refractivity contribution >= 4 is 5.69 Å². The van der Waals surface area contributed by atoms with Crippen LogP contribution in [0.2, 0.25) is 0 Å². The zero-order chi connectivity index (χ0) is 11.7. The molecule has 0 bridgehead atoms. The maximum absolute atomic E-state index is 10.5. The highest BCUT2D eigenvalue weighted by Crippen LogP contribution is 2.15. The summed E-state index contributed by atoms with van der Waals surface area (Å²) in [5.74, 6) is 0. The summed E-state index contributed by atoms with van der Waals surface area (Å²) in [6.07, 6.45) is 0. The highest BCUT2D eigenvalue weighted by atomic mass is 16.6. The zero-order valence-electron chi connectivity index (χ0n) is 9.21. The number of nitro benzene ring substituents is 1. The van der Waals surface area contributed by atoms with Crippen molar-refractivity contribution < 1.29 is 10.4 Å². The first-order valence-corrected chi connectivity index (χ1v) is 2.56. The zero-order valence-corrected chi connectivity index (χ0v) is 5.21. The predicted octanol–water partition coefficient (Wildman–Crippen LogP) is 1.47. The SMILES string of the molecule is [2H]c1c([2H])c([2H])c([N+](=O)[O-])c(C#N)c1[2H]. The quantitative estimate of drug-likeness (QED) is 0.452. The maximum atomic E-state index is 10.5. The van der Waals surface area contributed by atoms with Crippen molar-refractivity contribution in [1.82, 2.24) is 0 Å². The van der Waals surface area contributed by atoms with Gasteiger partial charge < -0.3 is 0 Å². The van der Waals surface area contributed by atoms with E-state index in [4.69, 9.17) is 10.7 Å². The highest BCUT2D eigenvalue weighted by molar-refractivity contribution is 5.47. The topological polar surface area (TPSA) is 66.9 Å². The molecule has 1 rings (SSSR count). The molecule has 0 radical (unpaired) electrons. The van der Waals surface area contributed by atoms with Crippen LogP contribution in [0, 0.1) is 21.4 Å². The third-order valence-electron chi connectivity index (χ3n) is 0.962. The molecule has 0 aliphatic carbocycles. The fraction of sp³-hybridized carbons (Fsp3) is 0. The number of hydrogen-bond acceptors (Lipinski definition) is 3. The third kappa shape index (κ3) is 1.33. The molecule has 0 heterocycles. The Bertz CT molecular complexity index is 495. The van der Waals surface area contributed by atoms with Gasteiger partial charge in [-0.3, -0.25) is 10.1 Å². The average Bonchev–Trinajstić information content (AvgIpc) is 2.19. The monoisotopic (exact) mass is 152 g/mol. The number of hydrogen-bond donors (Lipinski definition) is 0. The van der Waals surface area contributed by atoms with Crippen molar-refractivity contribution in [3.63, 3.8) is 0 Å². The van der Waals surface area contributed by atoms with E-state index >= 15 is 0 Å². The summed E-state index contributed by atoms with van der Waals surface area (Å²) >= 11 is 0. The molecule has 4 heteroatoms. The van der Waals surface area contributed by atoms with Crippen molar-refractivity contribution in [1.29, 1.82) is 5.26 Å². The average molecular weight is 152 g/mol. The van der Waals surface area contributed by atoms with Gasteiger partial charge in [-0.1, -0.05) is 12.1 Å². The van der Waals surface area contributed by atoms with Crippen molar-refractivity contribution in [3.8, 4) is 6.07 Å². The second-order valence-electron chi connectivity index (χ2n) is 1.59. The van der Waals surface area contributed by atoms with Crippen LogP contribution in [0.25, 0.3) is 0 Å². The number of nitro groups is 1. The van der Waals surface area contributed by atoms with Crippen LogP contribution in [0.4, 0.5) is 5.69 Å². The van der Waals surface area contributed by atoms with Gasteiger partial charge in [0.2, 0.25) is 0 Å². The van der Waals surface area contributed by atoms with Gasteiger partial charge in [0.25, 0.3) is 5.69 Å². The molecule has 4 nitrogen and oxygen atoms in total. The van der Waals surface area contributed by atoms with E-state index < -0.39 is 40.3 Å². The van der Waals surface area contributed by atoms with Gasteiger partial charge in [0.15, 0.2) is 0 Å². The van der Waals surface area contributed by atoms with E-state index in [-0.39, 0.29) is 0 Å². The van der Waals surface area contributed by atoms with Gasteiger partial charge in [0.1, 0.15) is 11.6 Å². The summed E-state index contributed by atoms with van der Waals surface area (Å²) in [5.41, 5.74) is -1.53. The van der Waals surface area contributed by atoms with Crippen LogP contribution in [0.5, 0.6) is 0 Å². The lowest BCUT2D eigenvalue weighted by atomic mass is 10.2. The summed E-state index contributed by atoms with van der Waals surface area (Å²) in [6.45, 7) is 0. The summed E-state index contributed by atoms with van der Waals surface area (Å²) in [6, 6.07) is -1.46. The first-order valence-electron chi connectivity index (χ1n) is 4.56. The van der Waals surface area contributed by atoms with Gasteiger partial charge in [0, 0.05) is 6.04 Å². The summed E-state index contributed by atoms with van der Waals surface area (Å²) in [7, 11) is 0. The van der Waals surface area contributed by atoms with E-state index in [1.54, 1.807) is 0 Å². The molecule has 1 aromatic carbocycles. The van der Waals surface area contributed by atoms with Crippen LogP contribution < -0.4 is 0 Å². The molecule has 54 valence electrons. The van der Waals surface area contributed by atoms with Crippen molar-refractivity contribution in [3.05, 3.63) is 39.8 Å². The number of benzene rings is 1. The van der Waals surface area contributed by atoms with Crippen LogP contribution in [-0.2, 0) is 0 Å². The molecule has 0 aliphatic rings. The molecule has 11 heavy (non-hydrogen) atoms. The fourth-order valence-corrected chi connectivity index (χ4v) is 0.524. The molecule has 0 aromatic heterocycles. The van der Waals surface area contributed by atoms with Crippen LogP contribution in [0.3, 0.4) is 0 Å². The first-order chi connectivity index (χ1) is 6.91. The highest BCUT2D eigenvalue weighted by Gasteiger charge is 2.10. The second-order valence-corrected chi connectivity index (χ2v) is 1.59. The molecular weight excluding hydrogens is 144 g/mol. The minimum absolute atomic E-state index is 0.647. The molecule has 0 atom stereocenters. The molecule has 0 spiro atoms. The van der Waals surface area contributed by atoms with Gasteiger partial charge in [0.05, 0.1) is 10.4 Å². The van der Waals surface area contributed by atoms with Gasteiger partial charge in [-0.2, -0.15) is 5.26 Å². The second kappa shape index (κ2) is 2.80. The van der Waals surface area contributed by atoms with Gasteiger partial charge >= 0.3 is 0 Å². The maximum Gasteiger partial charge on any atom is 0.287 e. The summed E-state index contributed by atoms with van der Waals surface area (Å²) < 4.78 is 28.9. The Morgan fingerprint density at radius 2 is 2.27 bits per heavy atom. The number of para-hydroxylation sites is 1. The Hall–Kier alpha value is -1.89. The van der Waals surface area contributed by atoms with Crippen LogP contribution in [-0.4, -0.2) is 4.92 Å². The molecule has 0 amide bonds. The molecule has 0 aliphatic heterocycles. The molecule has 0 N–H and O–H groups in total. The van der Waals surface area contributed by atoms with Crippen LogP contribution in [0.15, 0.2) is 24.2 Å². The van der Waals surface area contributed by atoms with Crippen molar-refractivity contribution in [2.24, 2.45) is 0 Å². The summed E-state index contributed by atoms with van der Waals surface area (Å²) in [5, 5.41) is 19.1. The minimum atomic E-state index is -0.990. The molecule has 1 aromatic rings. The lowest BCUT2D eigenvalue weighted by molar-refractivity contribution is -0.385. The molecule has 0 unspecified atom stereocenters. The van der Waals surface area contributed by atoms with E-state index in [1.165, 1.54) is 6.07 Å². The van der Waals surface area contributed by atoms with E-state index in [0.717, 1.165) is 0 Å². The standard InChI is InChI=1S/C7H4N2O2/c8-5-6-3-1-2-4-7(6)9(10)11/h1-4H/i1D,2D,3D,4D. The molecule has 0 saturated heterocycles. The van der Waals surface area contributed by atoms with E-state index in [1.807, 2.05) is 0 Å². The number of nitrogens with zero attached hydrogens (tertiary/aromatic N) is 2. The van der Waals surface area contributed by atoms with Crippen LogP contribution >= 0.6 is 0 Å². The fourth-order valence-electron chi connectivity index (χ4n) is 0.524. The Balaban J connectivity index is 3.80. The lowest BCUT2D eigenvalue weighted by Crippen LogP contribution is -1.90. The molecule has 0 saturated carbocycles. The Morgan fingerprint density at radius 1 is 1.64 bits per heavy atom. The predicted molar refractivity (Wildman–Crippen MR) is 37.8 cm³/mol. The van der Waals surface area contributed by atoms with Gasteiger partial charge in [-0.05, 0) is 6.04 Å². The largest absolute Gasteiger partial charge is 0.287 e. The smallest absolute Gasteiger partial charge is 0.258 e. The third-order valence-corrected chi connectivity index (χ3v) is 0.962. The minimum Gasteiger partial charge on any atom is -0.258 e. The molecule has 0 fully saturated rings. The van der Waals surface area contributed by atoms with Gasteiger partial charge in [-0.25, -0.2) is 0 Å². The molecular formula is C7H4N2O2. The summed E-state index contributed by atoms with van der Waals surface area (Å²) in [4.78, 5) is 9.53. The number of rotatable bonds is 1. The van der Waals surface area contributed by atoms with E-state index in [0.29, 0.717) is 0 Å². The first kappa shape index (κ1) is 3.49. The Labute approximate surface area is 68.5 Å². The number of nitriles is 1. The van der Waals surface area contributed by atoms with Crippen LogP contribution in [0.1, 0.15) is 11.0 Å².